The SMILES string of the molecule is Cl.Cl.Nc1ccc(C(=O)Nc2ccc(N3CCCCC3)nc2)nc1. The van der Waals surface area contributed by atoms with Gasteiger partial charge in [0.05, 0.1) is 23.8 Å². The first-order valence-electron chi connectivity index (χ1n) is 7.46. The maximum atomic E-state index is 12.1. The highest BCUT2D eigenvalue weighted by molar-refractivity contribution is 6.02. The van der Waals surface area contributed by atoms with E-state index in [1.54, 1.807) is 18.3 Å². The molecule has 0 radical (unpaired) electrons. The van der Waals surface area contributed by atoms with Crippen LogP contribution in [-0.2, 0) is 0 Å². The van der Waals surface area contributed by atoms with Crippen LogP contribution in [0.3, 0.4) is 0 Å². The fourth-order valence-corrected chi connectivity index (χ4v) is 2.50. The molecule has 1 aliphatic heterocycles. The van der Waals surface area contributed by atoms with E-state index >= 15 is 0 Å². The zero-order chi connectivity index (χ0) is 15.4. The van der Waals surface area contributed by atoms with Crippen LogP contribution in [0.2, 0.25) is 0 Å². The highest BCUT2D eigenvalue weighted by atomic mass is 35.5. The smallest absolute Gasteiger partial charge is 0.274 e. The summed E-state index contributed by atoms with van der Waals surface area (Å²) in [4.78, 5) is 22.8. The molecular formula is C16H21Cl2N5O. The lowest BCUT2D eigenvalue weighted by molar-refractivity contribution is 0.102. The first-order valence-corrected chi connectivity index (χ1v) is 7.46. The number of nitrogens with zero attached hydrogens (tertiary/aromatic N) is 3. The number of nitrogens with one attached hydrogen (secondary N) is 1. The van der Waals surface area contributed by atoms with E-state index in [0.29, 0.717) is 17.1 Å². The lowest BCUT2D eigenvalue weighted by Gasteiger charge is -2.27. The molecule has 3 N–H and O–H groups in total. The van der Waals surface area contributed by atoms with Crippen molar-refractivity contribution in [1.29, 1.82) is 0 Å². The number of carbonyl (C=O) groups is 1. The quantitative estimate of drug-likeness (QED) is 0.867. The number of nitrogen functional groups attached to an aromatic ring is 1. The van der Waals surface area contributed by atoms with Crippen LogP contribution in [0.25, 0.3) is 0 Å². The van der Waals surface area contributed by atoms with E-state index < -0.39 is 0 Å². The molecule has 0 bridgehead atoms. The van der Waals surface area contributed by atoms with Crippen LogP contribution in [0.5, 0.6) is 0 Å². The Morgan fingerprint density at radius 1 is 1.00 bits per heavy atom. The topological polar surface area (TPSA) is 84.1 Å². The summed E-state index contributed by atoms with van der Waals surface area (Å²) in [6.07, 6.45) is 6.86. The lowest BCUT2D eigenvalue weighted by Crippen LogP contribution is -2.30. The fraction of sp³-hybridized carbons (Fsp3) is 0.312. The van der Waals surface area contributed by atoms with E-state index in [0.717, 1.165) is 18.9 Å². The van der Waals surface area contributed by atoms with Gasteiger partial charge in [-0.25, -0.2) is 9.97 Å². The Morgan fingerprint density at radius 2 is 1.75 bits per heavy atom. The van der Waals surface area contributed by atoms with E-state index in [1.807, 2.05) is 12.1 Å². The van der Waals surface area contributed by atoms with Crippen LogP contribution in [0, 0.1) is 0 Å². The summed E-state index contributed by atoms with van der Waals surface area (Å²) < 4.78 is 0. The molecular weight excluding hydrogens is 349 g/mol. The van der Waals surface area contributed by atoms with Gasteiger partial charge in [0.2, 0.25) is 0 Å². The number of piperidine rings is 1. The van der Waals surface area contributed by atoms with Gasteiger partial charge in [0.25, 0.3) is 5.91 Å². The van der Waals surface area contributed by atoms with Crippen molar-refractivity contribution < 1.29 is 4.79 Å². The first kappa shape index (κ1) is 20.0. The Kier molecular flexibility index (Phi) is 7.74. The van der Waals surface area contributed by atoms with E-state index in [9.17, 15) is 4.79 Å². The van der Waals surface area contributed by atoms with E-state index in [1.165, 1.54) is 25.5 Å². The van der Waals surface area contributed by atoms with Gasteiger partial charge in [-0.15, -0.1) is 24.8 Å². The average Bonchev–Trinajstić information content (AvgIpc) is 2.57. The molecule has 2 aromatic heterocycles. The normalized spacial score (nSPS) is 13.4. The van der Waals surface area contributed by atoms with Crippen molar-refractivity contribution in [2.75, 3.05) is 29.0 Å². The second-order valence-corrected chi connectivity index (χ2v) is 5.38. The third-order valence-corrected chi connectivity index (χ3v) is 3.70. The molecule has 0 saturated carbocycles. The van der Waals surface area contributed by atoms with Crippen molar-refractivity contribution in [3.63, 3.8) is 0 Å². The van der Waals surface area contributed by atoms with E-state index in [4.69, 9.17) is 5.73 Å². The molecule has 1 fully saturated rings. The molecule has 8 heteroatoms. The number of hydrogen-bond donors (Lipinski definition) is 2. The summed E-state index contributed by atoms with van der Waals surface area (Å²) in [6.45, 7) is 2.10. The van der Waals surface area contributed by atoms with Gasteiger partial charge in [0.15, 0.2) is 0 Å². The summed E-state index contributed by atoms with van der Waals surface area (Å²) in [6, 6.07) is 7.06. The Labute approximate surface area is 153 Å². The van der Waals surface area contributed by atoms with Gasteiger partial charge in [0, 0.05) is 13.1 Å². The van der Waals surface area contributed by atoms with Crippen LogP contribution in [0.15, 0.2) is 36.7 Å². The predicted molar refractivity (Wildman–Crippen MR) is 101 cm³/mol. The van der Waals surface area contributed by atoms with Crippen molar-refractivity contribution in [3.8, 4) is 0 Å². The van der Waals surface area contributed by atoms with Crippen molar-refractivity contribution >= 4 is 47.9 Å². The predicted octanol–water partition coefficient (Wildman–Crippen LogP) is 3.15. The van der Waals surface area contributed by atoms with E-state index in [2.05, 4.69) is 20.2 Å². The molecule has 0 aromatic carbocycles. The van der Waals surface area contributed by atoms with Crippen molar-refractivity contribution in [3.05, 3.63) is 42.4 Å². The molecule has 24 heavy (non-hydrogen) atoms. The maximum Gasteiger partial charge on any atom is 0.274 e. The van der Waals surface area contributed by atoms with Gasteiger partial charge < -0.3 is 16.0 Å². The van der Waals surface area contributed by atoms with Crippen LogP contribution in [0.4, 0.5) is 17.2 Å². The minimum absolute atomic E-state index is 0. The maximum absolute atomic E-state index is 12.1. The molecule has 1 amide bonds. The molecule has 130 valence electrons. The number of pyridine rings is 2. The molecule has 0 unspecified atom stereocenters. The highest BCUT2D eigenvalue weighted by Gasteiger charge is 2.12. The fourth-order valence-electron chi connectivity index (χ4n) is 2.50. The molecule has 3 heterocycles. The zero-order valence-corrected chi connectivity index (χ0v) is 14.8. The van der Waals surface area contributed by atoms with Crippen LogP contribution in [0.1, 0.15) is 29.8 Å². The molecule has 1 saturated heterocycles. The van der Waals surface area contributed by atoms with Gasteiger partial charge in [-0.1, -0.05) is 0 Å². The van der Waals surface area contributed by atoms with E-state index in [-0.39, 0.29) is 30.7 Å². The molecule has 2 aromatic rings. The first-order chi connectivity index (χ1) is 10.7. The highest BCUT2D eigenvalue weighted by Crippen LogP contribution is 2.19. The summed E-state index contributed by atoms with van der Waals surface area (Å²) in [7, 11) is 0. The van der Waals surface area contributed by atoms with Crippen molar-refractivity contribution in [2.24, 2.45) is 0 Å². The van der Waals surface area contributed by atoms with Crippen LogP contribution >= 0.6 is 24.8 Å². The van der Waals surface area contributed by atoms with Gasteiger partial charge in [0.1, 0.15) is 11.5 Å². The largest absolute Gasteiger partial charge is 0.397 e. The third-order valence-electron chi connectivity index (χ3n) is 3.70. The Bertz CT molecular complexity index is 643. The molecule has 0 aliphatic carbocycles. The summed E-state index contributed by atoms with van der Waals surface area (Å²) in [5.74, 6) is 0.691. The molecule has 1 aliphatic rings. The molecule has 0 atom stereocenters. The second kappa shape index (κ2) is 9.30. The summed E-state index contributed by atoms with van der Waals surface area (Å²) in [5.41, 5.74) is 7.07. The zero-order valence-electron chi connectivity index (χ0n) is 13.1. The minimum Gasteiger partial charge on any atom is -0.397 e. The number of rotatable bonds is 3. The Hall–Kier alpha value is -2.05. The number of aromatic nitrogens is 2. The summed E-state index contributed by atoms with van der Waals surface area (Å²) >= 11 is 0. The number of amides is 1. The van der Waals surface area contributed by atoms with Gasteiger partial charge >= 0.3 is 0 Å². The minimum atomic E-state index is -0.271. The number of hydrogen-bond acceptors (Lipinski definition) is 5. The van der Waals surface area contributed by atoms with Gasteiger partial charge in [-0.2, -0.15) is 0 Å². The molecule has 0 spiro atoms. The molecule has 6 nitrogen and oxygen atoms in total. The molecule has 3 rings (SSSR count). The monoisotopic (exact) mass is 369 g/mol. The number of carbonyl (C=O) groups excluding carboxylic acids is 1. The van der Waals surface area contributed by atoms with Crippen molar-refractivity contribution in [1.82, 2.24) is 9.97 Å². The summed E-state index contributed by atoms with van der Waals surface area (Å²) in [5, 5.41) is 2.78. The Morgan fingerprint density at radius 3 is 2.33 bits per heavy atom. The van der Waals surface area contributed by atoms with Gasteiger partial charge in [-0.05, 0) is 43.5 Å². The van der Waals surface area contributed by atoms with Crippen LogP contribution in [-0.4, -0.2) is 29.0 Å². The number of halogens is 2. The van der Waals surface area contributed by atoms with Crippen LogP contribution < -0.4 is 16.0 Å². The number of anilines is 3. The standard InChI is InChI=1S/C16H19N5O.2ClH/c17-12-4-6-14(18-10-12)16(22)20-13-5-7-15(19-11-13)21-8-2-1-3-9-21;;/h4-7,10-11H,1-3,8-9,17H2,(H,20,22);2*1H. The second-order valence-electron chi connectivity index (χ2n) is 5.38. The van der Waals surface area contributed by atoms with Gasteiger partial charge in [-0.3, -0.25) is 4.79 Å². The third kappa shape index (κ3) is 4.97. The van der Waals surface area contributed by atoms with Crippen molar-refractivity contribution in [2.45, 2.75) is 19.3 Å². The Balaban J connectivity index is 0.00000144. The number of nitrogens with two attached hydrogens (primary N) is 1. The lowest BCUT2D eigenvalue weighted by atomic mass is 10.1. The average molecular weight is 370 g/mol.